The molecular formula is C17H27N3S. The number of aromatic nitrogens is 1. The van der Waals surface area contributed by atoms with Crippen LogP contribution in [0.25, 0.3) is 11.3 Å². The maximum atomic E-state index is 4.64. The summed E-state index contributed by atoms with van der Waals surface area (Å²) in [4.78, 5) is 9.03. The van der Waals surface area contributed by atoms with Crippen LogP contribution < -0.4 is 5.32 Å². The molecule has 1 N–H and O–H groups in total. The van der Waals surface area contributed by atoms with E-state index >= 15 is 0 Å². The van der Waals surface area contributed by atoms with E-state index < -0.39 is 0 Å². The standard InChI is InChI=1S/C17H27N3S/c1-7-10-14(11-8-2)19-13(6)16-20-15(12(4)5)17(21-16)18-9-3/h9,14,19H,4,6-8,10-11H2,1-3,5H3/b18-9-. The fourth-order valence-corrected chi connectivity index (χ4v) is 3.19. The minimum absolute atomic E-state index is 0.475. The Morgan fingerprint density at radius 1 is 1.33 bits per heavy atom. The van der Waals surface area contributed by atoms with E-state index in [9.17, 15) is 0 Å². The Morgan fingerprint density at radius 2 is 1.95 bits per heavy atom. The molecule has 0 aliphatic carbocycles. The third-order valence-electron chi connectivity index (χ3n) is 3.17. The average Bonchev–Trinajstić information content (AvgIpc) is 2.84. The van der Waals surface area contributed by atoms with Gasteiger partial charge >= 0.3 is 0 Å². The van der Waals surface area contributed by atoms with E-state index in [4.69, 9.17) is 0 Å². The second-order valence-electron chi connectivity index (χ2n) is 5.24. The van der Waals surface area contributed by atoms with Crippen LogP contribution in [0.4, 0.5) is 5.00 Å². The van der Waals surface area contributed by atoms with Crippen molar-refractivity contribution in [3.63, 3.8) is 0 Å². The Hall–Kier alpha value is -1.42. The molecule has 0 saturated heterocycles. The van der Waals surface area contributed by atoms with Gasteiger partial charge in [-0.3, -0.25) is 0 Å². The van der Waals surface area contributed by atoms with E-state index in [2.05, 4.69) is 42.3 Å². The molecule has 0 radical (unpaired) electrons. The van der Waals surface area contributed by atoms with Gasteiger partial charge < -0.3 is 5.32 Å². The first-order valence-corrected chi connectivity index (χ1v) is 8.46. The zero-order valence-corrected chi connectivity index (χ0v) is 14.5. The van der Waals surface area contributed by atoms with Crippen LogP contribution in [0.1, 0.15) is 64.1 Å². The van der Waals surface area contributed by atoms with Crippen LogP contribution in [0.3, 0.4) is 0 Å². The van der Waals surface area contributed by atoms with E-state index in [0.717, 1.165) is 39.8 Å². The van der Waals surface area contributed by atoms with Crippen molar-refractivity contribution < 1.29 is 0 Å². The van der Waals surface area contributed by atoms with Gasteiger partial charge in [-0.15, -0.1) is 0 Å². The topological polar surface area (TPSA) is 37.3 Å². The third kappa shape index (κ3) is 5.12. The molecule has 0 atom stereocenters. The molecule has 1 heterocycles. The molecule has 0 unspecified atom stereocenters. The maximum Gasteiger partial charge on any atom is 0.143 e. The number of nitrogens with one attached hydrogen (secondary N) is 1. The largest absolute Gasteiger partial charge is 0.380 e. The van der Waals surface area contributed by atoms with Gasteiger partial charge in [0.05, 0.1) is 5.70 Å². The molecule has 0 spiro atoms. The van der Waals surface area contributed by atoms with Crippen molar-refractivity contribution in [2.24, 2.45) is 4.99 Å². The molecule has 0 bridgehead atoms. The summed E-state index contributed by atoms with van der Waals surface area (Å²) in [7, 11) is 0. The maximum absolute atomic E-state index is 4.64. The van der Waals surface area contributed by atoms with Crippen LogP contribution in [0.5, 0.6) is 0 Å². The molecule has 4 heteroatoms. The summed E-state index contributed by atoms with van der Waals surface area (Å²) in [6.45, 7) is 16.4. The normalized spacial score (nSPS) is 11.3. The molecular weight excluding hydrogens is 278 g/mol. The summed E-state index contributed by atoms with van der Waals surface area (Å²) in [5.41, 5.74) is 2.70. The Balaban J connectivity index is 2.91. The predicted molar refractivity (Wildman–Crippen MR) is 96.4 cm³/mol. The molecule has 1 aromatic rings. The van der Waals surface area contributed by atoms with E-state index in [1.54, 1.807) is 17.6 Å². The van der Waals surface area contributed by atoms with Crippen molar-refractivity contribution in [1.82, 2.24) is 10.3 Å². The van der Waals surface area contributed by atoms with Crippen molar-refractivity contribution in [3.05, 3.63) is 23.9 Å². The molecule has 116 valence electrons. The summed E-state index contributed by atoms with van der Waals surface area (Å²) in [5.74, 6) is 0. The lowest BCUT2D eigenvalue weighted by Crippen LogP contribution is -2.27. The quantitative estimate of drug-likeness (QED) is 0.618. The van der Waals surface area contributed by atoms with Crippen LogP contribution >= 0.6 is 11.3 Å². The van der Waals surface area contributed by atoms with Gasteiger partial charge in [0.15, 0.2) is 0 Å². The molecule has 0 amide bonds. The van der Waals surface area contributed by atoms with Crippen molar-refractivity contribution in [3.8, 4) is 0 Å². The lowest BCUT2D eigenvalue weighted by molar-refractivity contribution is 0.502. The SMILES string of the molecule is C=C(NC(CCC)CCC)c1nc(C(=C)C)c(/N=C\C)s1. The third-order valence-corrected chi connectivity index (χ3v) is 4.19. The number of hydrogen-bond acceptors (Lipinski definition) is 4. The highest BCUT2D eigenvalue weighted by Gasteiger charge is 2.15. The fraction of sp³-hybridized carbons (Fsp3) is 0.529. The van der Waals surface area contributed by atoms with Crippen LogP contribution in [-0.4, -0.2) is 17.2 Å². The minimum atomic E-state index is 0.475. The van der Waals surface area contributed by atoms with Gasteiger partial charge in [0.2, 0.25) is 0 Å². The number of thiazole rings is 1. The number of hydrogen-bond donors (Lipinski definition) is 1. The van der Waals surface area contributed by atoms with Crippen LogP contribution in [0.15, 0.2) is 18.2 Å². The molecule has 0 saturated carbocycles. The van der Waals surface area contributed by atoms with Crippen molar-refractivity contribution >= 4 is 33.8 Å². The van der Waals surface area contributed by atoms with Gasteiger partial charge in [-0.1, -0.05) is 51.2 Å². The Kier molecular flexibility index (Phi) is 7.37. The number of allylic oxidation sites excluding steroid dienone is 1. The van der Waals surface area contributed by atoms with Crippen LogP contribution in [-0.2, 0) is 0 Å². The summed E-state index contributed by atoms with van der Waals surface area (Å²) < 4.78 is 0. The Bertz CT molecular complexity index is 508. The smallest absolute Gasteiger partial charge is 0.143 e. The molecule has 21 heavy (non-hydrogen) atoms. The minimum Gasteiger partial charge on any atom is -0.380 e. The molecule has 0 aliphatic rings. The first kappa shape index (κ1) is 17.6. The highest BCUT2D eigenvalue weighted by atomic mass is 32.1. The van der Waals surface area contributed by atoms with Gasteiger partial charge in [0, 0.05) is 12.3 Å². The summed E-state index contributed by atoms with van der Waals surface area (Å²) in [5, 5.41) is 5.34. The first-order chi connectivity index (χ1) is 10.0. The van der Waals surface area contributed by atoms with Crippen molar-refractivity contribution in [2.45, 2.75) is 59.4 Å². The monoisotopic (exact) mass is 305 g/mol. The van der Waals surface area contributed by atoms with Crippen LogP contribution in [0.2, 0.25) is 0 Å². The lowest BCUT2D eigenvalue weighted by atomic mass is 10.1. The zero-order valence-electron chi connectivity index (χ0n) is 13.7. The first-order valence-electron chi connectivity index (χ1n) is 7.64. The van der Waals surface area contributed by atoms with Gasteiger partial charge in [0.25, 0.3) is 0 Å². The van der Waals surface area contributed by atoms with E-state index in [-0.39, 0.29) is 0 Å². The number of aliphatic imine (C=N–C) groups is 1. The molecule has 0 fully saturated rings. The molecule has 0 aromatic carbocycles. The summed E-state index contributed by atoms with van der Waals surface area (Å²) in [6.07, 6.45) is 6.45. The van der Waals surface area contributed by atoms with E-state index in [1.165, 1.54) is 12.8 Å². The van der Waals surface area contributed by atoms with E-state index in [1.807, 2.05) is 13.8 Å². The van der Waals surface area contributed by atoms with E-state index in [0.29, 0.717) is 6.04 Å². The number of rotatable bonds is 9. The van der Waals surface area contributed by atoms with Gasteiger partial charge in [-0.05, 0) is 32.3 Å². The molecule has 0 aliphatic heterocycles. The average molecular weight is 305 g/mol. The summed E-state index contributed by atoms with van der Waals surface area (Å²) in [6, 6.07) is 0.475. The Labute approximate surface area is 132 Å². The lowest BCUT2D eigenvalue weighted by Gasteiger charge is -2.19. The summed E-state index contributed by atoms with van der Waals surface area (Å²) >= 11 is 1.57. The van der Waals surface area contributed by atoms with Gasteiger partial charge in [0.1, 0.15) is 15.7 Å². The molecule has 3 nitrogen and oxygen atoms in total. The molecule has 1 rings (SSSR count). The second kappa shape index (κ2) is 8.78. The highest BCUT2D eigenvalue weighted by Crippen LogP contribution is 2.34. The predicted octanol–water partition coefficient (Wildman–Crippen LogP) is 5.43. The number of nitrogens with zero attached hydrogens (tertiary/aromatic N) is 2. The molecule has 1 aromatic heterocycles. The second-order valence-corrected chi connectivity index (χ2v) is 6.22. The highest BCUT2D eigenvalue weighted by molar-refractivity contribution is 7.16. The Morgan fingerprint density at radius 3 is 2.43 bits per heavy atom. The van der Waals surface area contributed by atoms with Crippen molar-refractivity contribution in [2.75, 3.05) is 0 Å². The zero-order chi connectivity index (χ0) is 15.8. The van der Waals surface area contributed by atoms with Gasteiger partial charge in [-0.25, -0.2) is 9.98 Å². The van der Waals surface area contributed by atoms with Gasteiger partial charge in [-0.2, -0.15) is 0 Å². The van der Waals surface area contributed by atoms with Crippen LogP contribution in [0, 0.1) is 0 Å². The van der Waals surface area contributed by atoms with Crippen molar-refractivity contribution in [1.29, 1.82) is 0 Å². The fourth-order valence-electron chi connectivity index (χ4n) is 2.22.